The molecule has 5 rings (SSSR count). The average molecular weight is 1660 g/mol. The van der Waals surface area contributed by atoms with Crippen LogP contribution in [-0.2, 0) is 94.3 Å². The second-order valence-electron chi connectivity index (χ2n) is 35.2. The normalized spacial score (nSPS) is 18.8. The molecule has 0 radical (unpaired) electrons. The lowest BCUT2D eigenvalue weighted by Gasteiger charge is -2.37. The second kappa shape index (κ2) is 40.2. The third kappa shape index (κ3) is 26.9. The van der Waals surface area contributed by atoms with Crippen LogP contribution in [-0.4, -0.2) is 262 Å². The molecule has 654 valence electrons. The molecule has 3 fully saturated rings. The van der Waals surface area contributed by atoms with Crippen LogP contribution in [0.2, 0.25) is 0 Å². The van der Waals surface area contributed by atoms with E-state index in [2.05, 4.69) is 69.1 Å². The number of carbonyl (C=O) groups excluding carboxylic acids is 17. The van der Waals surface area contributed by atoms with Crippen molar-refractivity contribution in [1.29, 1.82) is 0 Å². The molecule has 118 heavy (non-hydrogen) atoms. The summed E-state index contributed by atoms with van der Waals surface area (Å²) in [5, 5.41) is 66.0. The predicted octanol–water partition coefficient (Wildman–Crippen LogP) is -2.69. The maximum atomic E-state index is 14.7. The Balaban J connectivity index is 1.18. The number of nitrogens with one attached hydrogen (secondary N) is 13. The number of amides is 17. The Kier molecular flexibility index (Phi) is 33.3. The molecule has 10 atom stereocenters. The molecule has 3 aliphatic heterocycles. The van der Waals surface area contributed by atoms with Crippen molar-refractivity contribution in [3.05, 3.63) is 71.8 Å². The van der Waals surface area contributed by atoms with Crippen LogP contribution in [0.3, 0.4) is 0 Å². The van der Waals surface area contributed by atoms with E-state index in [4.69, 9.17) is 5.73 Å². The van der Waals surface area contributed by atoms with Crippen LogP contribution in [0.1, 0.15) is 194 Å². The number of nitrogens with two attached hydrogens (primary N) is 1. The summed E-state index contributed by atoms with van der Waals surface area (Å²) >= 11 is 0. The van der Waals surface area contributed by atoms with E-state index in [1.165, 1.54) is 116 Å². The molecule has 18 N–H and O–H groups in total. The lowest BCUT2D eigenvalue weighted by atomic mass is 9.93. The Hall–Kier alpha value is -10.7. The zero-order valence-corrected chi connectivity index (χ0v) is 71.4. The standard InChI is InChI=1S/C81H125N17O20/c1-20-81(19,91-62(107)53(36-45(2)3)86-59(104)41-83-66(111)74(5,6)92-68(113)76(9,10)94-69(114)77(11,12)93-67(112)75(7,8)88-61(106)54(84-46(4)100)38-48-30-25-22-26-31-48)70(115)95-80(17,18)73(118)97-42-50(101)39-56(97)64(109)87-52(33-34-58(82)103)60(105)89-79(15,16)72(117)98-43-51(102)40-57(98)65(110)90-78(13,14)71(116)96-35-27-32-55(96)63(108)85-49(44-99)37-47-28-23-21-24-29-47/h21-26,28-31,45,49-57,99,101-102H,20,27,32-44H2,1-19H3,(H2,82,103)(H,83,111)(H,84,100)(H,85,108)(H,86,104)(H,87,109)(H,88,106)(H,89,105)(H,90,110)(H,91,107)(H,92,113)(H,93,112)(H,94,114)(H,95,115)/t49?,50?,51?,52-,53-,54-,55-,56-,57-,81-/m0/s1. The van der Waals surface area contributed by atoms with Crippen molar-refractivity contribution in [1.82, 2.24) is 83.8 Å². The van der Waals surface area contributed by atoms with Gasteiger partial charge in [-0.25, -0.2) is 0 Å². The number of rotatable bonds is 39. The summed E-state index contributed by atoms with van der Waals surface area (Å²) in [7, 11) is 0. The molecule has 3 saturated heterocycles. The van der Waals surface area contributed by atoms with Gasteiger partial charge in [0.2, 0.25) is 100 Å². The van der Waals surface area contributed by atoms with Gasteiger partial charge in [-0.2, -0.15) is 0 Å². The summed E-state index contributed by atoms with van der Waals surface area (Å²) in [6, 6.07) is 9.57. The van der Waals surface area contributed by atoms with Crippen molar-refractivity contribution in [2.75, 3.05) is 32.8 Å². The molecule has 2 aromatic carbocycles. The number of benzene rings is 2. The maximum absolute atomic E-state index is 14.7. The zero-order chi connectivity index (χ0) is 89.3. The molecule has 0 bridgehead atoms. The average Bonchev–Trinajstić information content (AvgIpc) is 1.62. The van der Waals surface area contributed by atoms with Gasteiger partial charge >= 0.3 is 0 Å². The van der Waals surface area contributed by atoms with E-state index >= 15 is 0 Å². The number of hydrogen-bond donors (Lipinski definition) is 17. The Bertz CT molecular complexity index is 4060. The molecule has 0 aromatic heterocycles. The van der Waals surface area contributed by atoms with Crippen LogP contribution in [0.25, 0.3) is 0 Å². The molecule has 3 unspecified atom stereocenters. The van der Waals surface area contributed by atoms with Crippen LogP contribution < -0.4 is 74.9 Å². The highest BCUT2D eigenvalue weighted by molar-refractivity contribution is 6.04. The summed E-state index contributed by atoms with van der Waals surface area (Å²) < 4.78 is 0. The number of primary amides is 1. The fraction of sp³-hybridized carbons (Fsp3) is 0.642. The van der Waals surface area contributed by atoms with E-state index in [9.17, 15) is 96.8 Å². The van der Waals surface area contributed by atoms with E-state index < -0.39 is 225 Å². The van der Waals surface area contributed by atoms with Gasteiger partial charge < -0.3 is 105 Å². The van der Waals surface area contributed by atoms with Crippen LogP contribution in [0.15, 0.2) is 60.7 Å². The second-order valence-corrected chi connectivity index (χ2v) is 35.2. The Morgan fingerprint density at radius 3 is 1.36 bits per heavy atom. The molecule has 0 saturated carbocycles. The molecule has 0 spiro atoms. The van der Waals surface area contributed by atoms with Gasteiger partial charge in [0, 0.05) is 52.2 Å². The van der Waals surface area contributed by atoms with Crippen LogP contribution in [0.4, 0.5) is 0 Å². The third-order valence-electron chi connectivity index (χ3n) is 20.9. The summed E-state index contributed by atoms with van der Waals surface area (Å²) in [4.78, 5) is 239. The highest BCUT2D eigenvalue weighted by Gasteiger charge is 2.52. The molecule has 3 aliphatic rings. The lowest BCUT2D eigenvalue weighted by Crippen LogP contribution is -2.68. The van der Waals surface area contributed by atoms with Gasteiger partial charge in [0.1, 0.15) is 80.6 Å². The van der Waals surface area contributed by atoms with Crippen molar-refractivity contribution in [3.8, 4) is 0 Å². The number of aliphatic hydroxyl groups is 3. The van der Waals surface area contributed by atoms with Gasteiger partial charge in [-0.15, -0.1) is 0 Å². The number of aliphatic hydroxyl groups excluding tert-OH is 3. The Labute approximate surface area is 689 Å². The van der Waals surface area contributed by atoms with Crippen molar-refractivity contribution in [2.24, 2.45) is 11.7 Å². The molecular weight excluding hydrogens is 1530 g/mol. The highest BCUT2D eigenvalue weighted by Crippen LogP contribution is 2.29. The summed E-state index contributed by atoms with van der Waals surface area (Å²) in [6.07, 6.45) is -3.03. The number of hydrogen-bond acceptors (Lipinski definition) is 20. The van der Waals surface area contributed by atoms with E-state index in [0.29, 0.717) is 19.3 Å². The fourth-order valence-electron chi connectivity index (χ4n) is 13.7. The van der Waals surface area contributed by atoms with Gasteiger partial charge in [-0.3, -0.25) is 81.5 Å². The topological polar surface area (TPSA) is 543 Å². The number of carbonyl (C=O) groups is 17. The number of β-amino-alcohol motifs (C(OH)–C–C–N with tert-alkyl or cyclic N) is 2. The minimum absolute atomic E-state index is 0.0107. The zero-order valence-electron chi connectivity index (χ0n) is 71.4. The molecule has 37 heteroatoms. The van der Waals surface area contributed by atoms with E-state index in [0.717, 1.165) is 20.9 Å². The molecule has 3 heterocycles. The first-order valence-electron chi connectivity index (χ1n) is 39.7. The Morgan fingerprint density at radius 1 is 0.466 bits per heavy atom. The quantitative estimate of drug-likeness (QED) is 0.0324. The Morgan fingerprint density at radius 2 is 0.881 bits per heavy atom. The van der Waals surface area contributed by atoms with Crippen LogP contribution in [0.5, 0.6) is 0 Å². The monoisotopic (exact) mass is 1660 g/mol. The smallest absolute Gasteiger partial charge is 0.248 e. The fourth-order valence-corrected chi connectivity index (χ4v) is 13.7. The molecule has 0 aliphatic carbocycles. The molecule has 17 amide bonds. The maximum Gasteiger partial charge on any atom is 0.248 e. The van der Waals surface area contributed by atoms with E-state index in [-0.39, 0.29) is 57.7 Å². The minimum atomic E-state index is -1.93. The number of likely N-dealkylation sites (tertiary alicyclic amines) is 3. The summed E-state index contributed by atoms with van der Waals surface area (Å²) in [6.45, 7) is 24.8. The van der Waals surface area contributed by atoms with Crippen LogP contribution in [0, 0.1) is 5.92 Å². The third-order valence-corrected chi connectivity index (χ3v) is 20.9. The largest absolute Gasteiger partial charge is 0.394 e. The molecule has 37 nitrogen and oxygen atoms in total. The lowest BCUT2D eigenvalue weighted by molar-refractivity contribution is -0.148. The summed E-state index contributed by atoms with van der Waals surface area (Å²) in [5.41, 5.74) is -7.05. The van der Waals surface area contributed by atoms with Gasteiger partial charge in [-0.1, -0.05) is 81.4 Å². The first-order chi connectivity index (χ1) is 54.4. The molecular formula is C81H125N17O20. The first-order valence-corrected chi connectivity index (χ1v) is 39.7. The minimum Gasteiger partial charge on any atom is -0.394 e. The van der Waals surface area contributed by atoms with Gasteiger partial charge in [-0.05, 0) is 159 Å². The van der Waals surface area contributed by atoms with Crippen LogP contribution >= 0.6 is 0 Å². The van der Waals surface area contributed by atoms with Gasteiger partial charge in [0.05, 0.1) is 31.4 Å². The van der Waals surface area contributed by atoms with Crippen molar-refractivity contribution in [2.45, 2.75) is 295 Å². The van der Waals surface area contributed by atoms with Crippen molar-refractivity contribution >= 4 is 100 Å². The van der Waals surface area contributed by atoms with Gasteiger partial charge in [0.15, 0.2) is 0 Å². The SMILES string of the molecule is CC[C@](C)(NC(=O)[C@H](CC(C)C)NC(=O)CNC(=O)C(C)(C)NC(=O)C(C)(C)NC(=O)C(C)(C)NC(=O)C(C)(C)NC(=O)[C@H](Cc1ccccc1)NC(C)=O)C(=O)NC(C)(C)C(=O)N1CC(O)C[C@H]1C(=O)N[C@@H](CCC(N)=O)C(=O)NC(C)(C)C(=O)N1CC(O)C[C@H]1C(=O)NC(C)(C)C(=O)N1CCC[C@H]1C(=O)NC(CO)Cc1ccccc1. The first kappa shape index (κ1) is 97.9. The van der Waals surface area contributed by atoms with Gasteiger partial charge in [0.25, 0.3) is 0 Å². The van der Waals surface area contributed by atoms with E-state index in [1.54, 1.807) is 51.1 Å². The van der Waals surface area contributed by atoms with E-state index in [1.807, 2.05) is 30.3 Å². The van der Waals surface area contributed by atoms with Crippen molar-refractivity contribution in [3.63, 3.8) is 0 Å². The van der Waals surface area contributed by atoms with Crippen molar-refractivity contribution < 1.29 is 96.8 Å². The number of nitrogens with zero attached hydrogens (tertiary/aromatic N) is 3. The molecule has 2 aromatic rings. The predicted molar refractivity (Wildman–Crippen MR) is 431 cm³/mol. The summed E-state index contributed by atoms with van der Waals surface area (Å²) in [5.74, 6) is -14.0. The highest BCUT2D eigenvalue weighted by atomic mass is 16.3.